The SMILES string of the molecule is COC(=O)n1c(S(=O)Cc2ncc(C)c(OC)c2C)nc2cc3c(cc21)OCO3. The molecule has 10 heteroatoms. The molecule has 0 spiro atoms. The van der Waals surface area contributed by atoms with E-state index < -0.39 is 16.9 Å². The molecule has 1 atom stereocenters. The van der Waals surface area contributed by atoms with Gasteiger partial charge in [-0.25, -0.2) is 14.3 Å². The number of pyridine rings is 1. The number of hydrogen-bond donors (Lipinski definition) is 0. The highest BCUT2D eigenvalue weighted by Gasteiger charge is 2.26. The van der Waals surface area contributed by atoms with Crippen molar-refractivity contribution in [1.82, 2.24) is 14.5 Å². The fourth-order valence-electron chi connectivity index (χ4n) is 3.27. The van der Waals surface area contributed by atoms with Crippen LogP contribution >= 0.6 is 0 Å². The van der Waals surface area contributed by atoms with Crippen molar-refractivity contribution in [2.75, 3.05) is 21.0 Å². The number of methoxy groups -OCH3 is 2. The Morgan fingerprint density at radius 1 is 1.24 bits per heavy atom. The van der Waals surface area contributed by atoms with Gasteiger partial charge in [-0.2, -0.15) is 0 Å². The maximum Gasteiger partial charge on any atom is 0.420 e. The average Bonchev–Trinajstić information content (AvgIpc) is 3.31. The van der Waals surface area contributed by atoms with Crippen LogP contribution in [0.2, 0.25) is 0 Å². The fraction of sp³-hybridized carbons (Fsp3) is 0.316. The first-order valence-electron chi connectivity index (χ1n) is 8.72. The van der Waals surface area contributed by atoms with Crippen molar-refractivity contribution < 1.29 is 28.0 Å². The zero-order valence-electron chi connectivity index (χ0n) is 16.3. The number of aromatic nitrogens is 3. The summed E-state index contributed by atoms with van der Waals surface area (Å²) in [5, 5.41) is 0.0660. The van der Waals surface area contributed by atoms with Crippen molar-refractivity contribution in [3.05, 3.63) is 35.2 Å². The smallest absolute Gasteiger partial charge is 0.420 e. The maximum absolute atomic E-state index is 13.2. The quantitative estimate of drug-likeness (QED) is 0.639. The lowest BCUT2D eigenvalue weighted by atomic mass is 10.1. The van der Waals surface area contributed by atoms with E-state index in [4.69, 9.17) is 18.9 Å². The highest BCUT2D eigenvalue weighted by atomic mass is 32.2. The molecule has 3 heterocycles. The Labute approximate surface area is 169 Å². The summed E-state index contributed by atoms with van der Waals surface area (Å²) < 4.78 is 35.4. The molecule has 0 aliphatic carbocycles. The number of aryl methyl sites for hydroxylation is 1. The number of hydrogen-bond acceptors (Lipinski definition) is 8. The monoisotopic (exact) mass is 417 g/mol. The van der Waals surface area contributed by atoms with E-state index >= 15 is 0 Å². The van der Waals surface area contributed by atoms with E-state index in [0.29, 0.717) is 34.0 Å². The minimum atomic E-state index is -1.67. The van der Waals surface area contributed by atoms with Crippen molar-refractivity contribution in [3.63, 3.8) is 0 Å². The Balaban J connectivity index is 1.79. The van der Waals surface area contributed by atoms with Crippen molar-refractivity contribution in [3.8, 4) is 17.2 Å². The van der Waals surface area contributed by atoms with Gasteiger partial charge in [0.1, 0.15) is 5.75 Å². The highest BCUT2D eigenvalue weighted by Crippen LogP contribution is 2.37. The van der Waals surface area contributed by atoms with Gasteiger partial charge in [0.15, 0.2) is 11.5 Å². The molecule has 4 rings (SSSR count). The van der Waals surface area contributed by atoms with Gasteiger partial charge in [0.25, 0.3) is 0 Å². The summed E-state index contributed by atoms with van der Waals surface area (Å²) in [6.45, 7) is 3.84. The molecular weight excluding hydrogens is 398 g/mol. The van der Waals surface area contributed by atoms with E-state index in [1.54, 1.807) is 25.4 Å². The van der Waals surface area contributed by atoms with Crippen LogP contribution in [0.5, 0.6) is 17.2 Å². The molecule has 0 saturated carbocycles. The normalized spacial score (nSPS) is 13.5. The van der Waals surface area contributed by atoms with E-state index in [0.717, 1.165) is 11.1 Å². The highest BCUT2D eigenvalue weighted by molar-refractivity contribution is 7.84. The van der Waals surface area contributed by atoms with Gasteiger partial charge in [0.05, 0.1) is 47.5 Å². The van der Waals surface area contributed by atoms with Crippen molar-refractivity contribution in [2.45, 2.75) is 24.8 Å². The Morgan fingerprint density at radius 3 is 2.66 bits per heavy atom. The lowest BCUT2D eigenvalue weighted by Gasteiger charge is -2.12. The second-order valence-electron chi connectivity index (χ2n) is 6.43. The molecule has 0 N–H and O–H groups in total. The molecule has 9 nitrogen and oxygen atoms in total. The molecule has 29 heavy (non-hydrogen) atoms. The van der Waals surface area contributed by atoms with Crippen LogP contribution < -0.4 is 14.2 Å². The number of ether oxygens (including phenoxy) is 4. The number of nitrogens with zero attached hydrogens (tertiary/aromatic N) is 3. The Hall–Kier alpha value is -3.14. The number of imidazole rings is 1. The second-order valence-corrected chi connectivity index (χ2v) is 7.77. The lowest BCUT2D eigenvalue weighted by molar-refractivity contribution is 0.171. The zero-order valence-corrected chi connectivity index (χ0v) is 17.2. The Morgan fingerprint density at radius 2 is 1.97 bits per heavy atom. The van der Waals surface area contributed by atoms with Gasteiger partial charge in [0, 0.05) is 29.5 Å². The molecular formula is C19H19N3O6S. The summed E-state index contributed by atoms with van der Waals surface area (Å²) >= 11 is 0. The number of carbonyl (C=O) groups is 1. The number of benzene rings is 1. The molecule has 1 aliphatic rings. The Bertz CT molecular complexity index is 1160. The topological polar surface area (TPSA) is 102 Å². The van der Waals surface area contributed by atoms with Crippen LogP contribution in [0.15, 0.2) is 23.5 Å². The first-order valence-corrected chi connectivity index (χ1v) is 10.0. The van der Waals surface area contributed by atoms with Crippen LogP contribution in [0.4, 0.5) is 4.79 Å². The van der Waals surface area contributed by atoms with Crippen LogP contribution in [-0.4, -0.2) is 45.8 Å². The first-order chi connectivity index (χ1) is 13.9. The van der Waals surface area contributed by atoms with E-state index in [-0.39, 0.29) is 17.7 Å². The average molecular weight is 417 g/mol. The molecule has 1 aromatic carbocycles. The van der Waals surface area contributed by atoms with Crippen LogP contribution in [-0.2, 0) is 21.3 Å². The molecule has 0 amide bonds. The minimum Gasteiger partial charge on any atom is -0.496 e. The van der Waals surface area contributed by atoms with Crippen molar-refractivity contribution in [1.29, 1.82) is 0 Å². The Kier molecular flexibility index (Phi) is 4.87. The first kappa shape index (κ1) is 19.2. The van der Waals surface area contributed by atoms with Crippen LogP contribution in [0.1, 0.15) is 16.8 Å². The van der Waals surface area contributed by atoms with Gasteiger partial charge in [-0.3, -0.25) is 9.19 Å². The van der Waals surface area contributed by atoms with E-state index in [9.17, 15) is 9.00 Å². The van der Waals surface area contributed by atoms with E-state index in [2.05, 4.69) is 9.97 Å². The molecule has 0 bridgehead atoms. The summed E-state index contributed by atoms with van der Waals surface area (Å²) in [5.74, 6) is 1.76. The summed E-state index contributed by atoms with van der Waals surface area (Å²) in [7, 11) is 1.16. The molecule has 1 aliphatic heterocycles. The molecule has 2 aromatic heterocycles. The van der Waals surface area contributed by atoms with Gasteiger partial charge in [-0.1, -0.05) is 0 Å². The molecule has 152 valence electrons. The fourth-order valence-corrected chi connectivity index (χ4v) is 4.52. The largest absolute Gasteiger partial charge is 0.496 e. The molecule has 0 fully saturated rings. The van der Waals surface area contributed by atoms with Crippen molar-refractivity contribution >= 4 is 27.9 Å². The predicted octanol–water partition coefficient (Wildman–Crippen LogP) is 2.71. The maximum atomic E-state index is 13.2. The third-order valence-corrected chi connectivity index (χ3v) is 5.91. The van der Waals surface area contributed by atoms with Crippen LogP contribution in [0, 0.1) is 13.8 Å². The lowest BCUT2D eigenvalue weighted by Crippen LogP contribution is -2.17. The van der Waals surface area contributed by atoms with Crippen LogP contribution in [0.25, 0.3) is 11.0 Å². The predicted molar refractivity (Wildman–Crippen MR) is 104 cm³/mol. The number of rotatable bonds is 4. The van der Waals surface area contributed by atoms with Gasteiger partial charge >= 0.3 is 6.09 Å². The summed E-state index contributed by atoms with van der Waals surface area (Å²) in [6.07, 6.45) is 0.974. The van der Waals surface area contributed by atoms with Gasteiger partial charge < -0.3 is 18.9 Å². The standard InChI is InChI=1S/C19H19N3O6S/c1-10-7-20-13(11(2)17(10)25-3)8-29(24)18-21-12-5-15-16(28-9-27-15)6-14(12)22(18)19(23)26-4/h5-7H,8-9H2,1-4H3. The number of fused-ring (bicyclic) bond motifs is 2. The number of carbonyl (C=O) groups excluding carboxylic acids is 1. The third-order valence-electron chi connectivity index (χ3n) is 4.70. The molecule has 3 aromatic rings. The second kappa shape index (κ2) is 7.36. The van der Waals surface area contributed by atoms with Gasteiger partial charge in [0.2, 0.25) is 11.9 Å². The third kappa shape index (κ3) is 3.19. The van der Waals surface area contributed by atoms with Crippen molar-refractivity contribution in [2.24, 2.45) is 0 Å². The van der Waals surface area contributed by atoms with Gasteiger partial charge in [-0.15, -0.1) is 0 Å². The molecule has 0 radical (unpaired) electrons. The minimum absolute atomic E-state index is 0.0650. The van der Waals surface area contributed by atoms with Crippen LogP contribution in [0.3, 0.4) is 0 Å². The summed E-state index contributed by atoms with van der Waals surface area (Å²) in [5.41, 5.74) is 3.16. The van der Waals surface area contributed by atoms with E-state index in [1.165, 1.54) is 11.7 Å². The van der Waals surface area contributed by atoms with E-state index in [1.807, 2.05) is 13.8 Å². The summed E-state index contributed by atoms with van der Waals surface area (Å²) in [4.78, 5) is 21.2. The molecule has 0 saturated heterocycles. The summed E-state index contributed by atoms with van der Waals surface area (Å²) in [6, 6.07) is 3.27. The molecule has 1 unspecified atom stereocenters. The van der Waals surface area contributed by atoms with Gasteiger partial charge in [-0.05, 0) is 13.8 Å². The zero-order chi connectivity index (χ0) is 20.7.